The van der Waals surface area contributed by atoms with Gasteiger partial charge in [0.2, 0.25) is 5.91 Å². The predicted octanol–water partition coefficient (Wildman–Crippen LogP) is 4.01. The van der Waals surface area contributed by atoms with Crippen molar-refractivity contribution in [3.05, 3.63) is 29.8 Å². The Hall–Kier alpha value is -1.31. The van der Waals surface area contributed by atoms with Crippen LogP contribution in [-0.2, 0) is 11.2 Å². The van der Waals surface area contributed by atoms with Crippen molar-refractivity contribution in [2.45, 2.75) is 45.4 Å². The Kier molecular flexibility index (Phi) is 3.58. The minimum absolute atomic E-state index is 0.207. The molecule has 102 valence electrons. The summed E-state index contributed by atoms with van der Waals surface area (Å²) in [5.74, 6) is 2.61. The standard InChI is InChI=1S/C17H23NO/c1-2-13-5-3-4-6-16(13)18-17(19)11-15-10-12-7-8-14(15)9-12/h3-6,12,14-15H,2,7-11H2,1H3,(H,18,19)/t12-,14-,15-/m0/s1. The van der Waals surface area contributed by atoms with Crippen LogP contribution < -0.4 is 5.32 Å². The number of hydrogen-bond donors (Lipinski definition) is 1. The molecule has 0 aliphatic heterocycles. The molecule has 2 aliphatic rings. The zero-order valence-electron chi connectivity index (χ0n) is 11.7. The summed E-state index contributed by atoms with van der Waals surface area (Å²) in [6, 6.07) is 8.13. The van der Waals surface area contributed by atoms with E-state index in [1.54, 1.807) is 0 Å². The summed E-state index contributed by atoms with van der Waals surface area (Å²) in [6.07, 6.45) is 7.11. The van der Waals surface area contributed by atoms with Gasteiger partial charge in [0.25, 0.3) is 0 Å². The molecule has 0 radical (unpaired) electrons. The summed E-state index contributed by atoms with van der Waals surface area (Å²) >= 11 is 0. The fourth-order valence-corrected chi connectivity index (χ4v) is 4.02. The lowest BCUT2D eigenvalue weighted by Crippen LogP contribution is -2.20. The van der Waals surface area contributed by atoms with Crippen molar-refractivity contribution in [3.63, 3.8) is 0 Å². The van der Waals surface area contributed by atoms with Crippen LogP contribution in [-0.4, -0.2) is 5.91 Å². The smallest absolute Gasteiger partial charge is 0.224 e. The summed E-state index contributed by atoms with van der Waals surface area (Å²) in [4.78, 5) is 12.2. The van der Waals surface area contributed by atoms with E-state index in [0.717, 1.165) is 30.4 Å². The lowest BCUT2D eigenvalue weighted by molar-refractivity contribution is -0.117. The van der Waals surface area contributed by atoms with Crippen LogP contribution >= 0.6 is 0 Å². The zero-order chi connectivity index (χ0) is 13.2. The molecule has 0 spiro atoms. The molecule has 2 heteroatoms. The third kappa shape index (κ3) is 2.68. The monoisotopic (exact) mass is 257 g/mol. The zero-order valence-corrected chi connectivity index (χ0v) is 11.7. The van der Waals surface area contributed by atoms with Crippen LogP contribution in [0.1, 0.15) is 44.6 Å². The van der Waals surface area contributed by atoms with Crippen molar-refractivity contribution in [2.24, 2.45) is 17.8 Å². The van der Waals surface area contributed by atoms with Crippen LogP contribution in [0.3, 0.4) is 0 Å². The molecule has 2 nitrogen and oxygen atoms in total. The van der Waals surface area contributed by atoms with Crippen molar-refractivity contribution in [2.75, 3.05) is 5.32 Å². The van der Waals surface area contributed by atoms with Gasteiger partial charge in [0.1, 0.15) is 0 Å². The van der Waals surface area contributed by atoms with E-state index in [1.165, 1.54) is 31.2 Å². The normalized spacial score (nSPS) is 28.6. The number of hydrogen-bond acceptors (Lipinski definition) is 1. The topological polar surface area (TPSA) is 29.1 Å². The maximum Gasteiger partial charge on any atom is 0.224 e. The van der Waals surface area contributed by atoms with Crippen molar-refractivity contribution < 1.29 is 4.79 Å². The first-order valence-corrected chi connectivity index (χ1v) is 7.64. The third-order valence-corrected chi connectivity index (χ3v) is 5.00. The van der Waals surface area contributed by atoms with Gasteiger partial charge < -0.3 is 5.32 Å². The van der Waals surface area contributed by atoms with Gasteiger partial charge in [-0.2, -0.15) is 0 Å². The average Bonchev–Trinajstić information content (AvgIpc) is 3.01. The predicted molar refractivity (Wildman–Crippen MR) is 78.0 cm³/mol. The van der Waals surface area contributed by atoms with Gasteiger partial charge >= 0.3 is 0 Å². The molecule has 2 bridgehead atoms. The molecule has 1 aromatic rings. The number of aryl methyl sites for hydroxylation is 1. The molecular formula is C17H23NO. The molecule has 3 atom stereocenters. The van der Waals surface area contributed by atoms with Gasteiger partial charge in [0, 0.05) is 12.1 Å². The molecule has 0 heterocycles. The summed E-state index contributed by atoms with van der Waals surface area (Å²) < 4.78 is 0. The van der Waals surface area contributed by atoms with Crippen LogP contribution in [0.4, 0.5) is 5.69 Å². The molecule has 19 heavy (non-hydrogen) atoms. The second-order valence-electron chi connectivity index (χ2n) is 6.20. The SMILES string of the molecule is CCc1ccccc1NC(=O)C[C@@H]1C[C@H]2CC[C@H]1C2. The number of para-hydroxylation sites is 1. The Balaban J connectivity index is 1.59. The van der Waals surface area contributed by atoms with Crippen molar-refractivity contribution in [3.8, 4) is 0 Å². The number of carbonyl (C=O) groups is 1. The van der Waals surface area contributed by atoms with Crippen LogP contribution in [0.5, 0.6) is 0 Å². The Morgan fingerprint density at radius 1 is 1.26 bits per heavy atom. The highest BCUT2D eigenvalue weighted by Gasteiger charge is 2.40. The Labute approximate surface area is 115 Å². The van der Waals surface area contributed by atoms with E-state index >= 15 is 0 Å². The fraction of sp³-hybridized carbons (Fsp3) is 0.588. The maximum absolute atomic E-state index is 12.2. The number of anilines is 1. The van der Waals surface area contributed by atoms with E-state index in [4.69, 9.17) is 0 Å². The highest BCUT2D eigenvalue weighted by Crippen LogP contribution is 2.49. The fourth-order valence-electron chi connectivity index (χ4n) is 4.02. The summed E-state index contributed by atoms with van der Waals surface area (Å²) in [7, 11) is 0. The van der Waals surface area contributed by atoms with Crippen LogP contribution in [0.25, 0.3) is 0 Å². The Bertz CT molecular complexity index is 468. The van der Waals surface area contributed by atoms with Gasteiger partial charge in [-0.15, -0.1) is 0 Å². The molecule has 0 unspecified atom stereocenters. The van der Waals surface area contributed by atoms with Gasteiger partial charge in [-0.3, -0.25) is 4.79 Å². The summed E-state index contributed by atoms with van der Waals surface area (Å²) in [6.45, 7) is 2.13. The Morgan fingerprint density at radius 3 is 2.79 bits per heavy atom. The molecule has 1 N–H and O–H groups in total. The largest absolute Gasteiger partial charge is 0.326 e. The molecule has 1 amide bonds. The van der Waals surface area contributed by atoms with E-state index < -0.39 is 0 Å². The molecule has 0 aromatic heterocycles. The van der Waals surface area contributed by atoms with Crippen LogP contribution in [0, 0.1) is 17.8 Å². The number of carbonyl (C=O) groups excluding carboxylic acids is 1. The highest BCUT2D eigenvalue weighted by molar-refractivity contribution is 5.91. The van der Waals surface area contributed by atoms with Crippen LogP contribution in [0.15, 0.2) is 24.3 Å². The highest BCUT2D eigenvalue weighted by atomic mass is 16.1. The number of nitrogens with one attached hydrogen (secondary N) is 1. The van der Waals surface area contributed by atoms with Gasteiger partial charge in [-0.05, 0) is 55.1 Å². The summed E-state index contributed by atoms with van der Waals surface area (Å²) in [5.41, 5.74) is 2.22. The molecule has 2 aliphatic carbocycles. The molecule has 3 rings (SSSR count). The van der Waals surface area contributed by atoms with Crippen molar-refractivity contribution >= 4 is 11.6 Å². The van der Waals surface area contributed by atoms with E-state index in [2.05, 4.69) is 18.3 Å². The van der Waals surface area contributed by atoms with E-state index in [9.17, 15) is 4.79 Å². The van der Waals surface area contributed by atoms with E-state index in [0.29, 0.717) is 5.92 Å². The van der Waals surface area contributed by atoms with E-state index in [-0.39, 0.29) is 5.91 Å². The minimum atomic E-state index is 0.207. The first-order valence-electron chi connectivity index (χ1n) is 7.64. The van der Waals surface area contributed by atoms with Gasteiger partial charge in [0.15, 0.2) is 0 Å². The maximum atomic E-state index is 12.2. The number of benzene rings is 1. The molecule has 2 fully saturated rings. The van der Waals surface area contributed by atoms with Gasteiger partial charge in [0.05, 0.1) is 0 Å². The minimum Gasteiger partial charge on any atom is -0.326 e. The quantitative estimate of drug-likeness (QED) is 0.867. The molecular weight excluding hydrogens is 234 g/mol. The first-order chi connectivity index (χ1) is 9.26. The third-order valence-electron chi connectivity index (χ3n) is 5.00. The number of amides is 1. The van der Waals surface area contributed by atoms with Crippen molar-refractivity contribution in [1.82, 2.24) is 0 Å². The average molecular weight is 257 g/mol. The van der Waals surface area contributed by atoms with Crippen molar-refractivity contribution in [1.29, 1.82) is 0 Å². The molecule has 0 saturated heterocycles. The second kappa shape index (κ2) is 5.36. The first kappa shape index (κ1) is 12.7. The van der Waals surface area contributed by atoms with Gasteiger partial charge in [-0.25, -0.2) is 0 Å². The molecule has 2 saturated carbocycles. The lowest BCUT2D eigenvalue weighted by atomic mass is 9.86. The van der Waals surface area contributed by atoms with Crippen LogP contribution in [0.2, 0.25) is 0 Å². The van der Waals surface area contributed by atoms with Gasteiger partial charge in [-0.1, -0.05) is 31.5 Å². The van der Waals surface area contributed by atoms with E-state index in [1.807, 2.05) is 18.2 Å². The second-order valence-corrected chi connectivity index (χ2v) is 6.20. The lowest BCUT2D eigenvalue weighted by Gasteiger charge is -2.21. The summed E-state index contributed by atoms with van der Waals surface area (Å²) in [5, 5.41) is 3.11. The number of fused-ring (bicyclic) bond motifs is 2. The Morgan fingerprint density at radius 2 is 2.11 bits per heavy atom. The number of rotatable bonds is 4. The molecule has 1 aromatic carbocycles.